The Morgan fingerprint density at radius 2 is 2.38 bits per heavy atom. The third-order valence-electron chi connectivity index (χ3n) is 1.59. The zero-order chi connectivity index (χ0) is 11.8. The van der Waals surface area contributed by atoms with Crippen LogP contribution in [0.2, 0.25) is 4.47 Å². The second-order valence-electron chi connectivity index (χ2n) is 2.81. The van der Waals surface area contributed by atoms with Crippen molar-refractivity contribution < 1.29 is 9.53 Å². The molecule has 0 saturated heterocycles. The second-order valence-corrected chi connectivity index (χ2v) is 4.37. The number of ether oxygens (including phenoxy) is 1. The second kappa shape index (κ2) is 7.32. The van der Waals surface area contributed by atoms with Crippen molar-refractivity contribution in [3.05, 3.63) is 22.1 Å². The molecule has 0 fully saturated rings. The highest BCUT2D eigenvalue weighted by atomic mass is 35.5. The maximum absolute atomic E-state index is 11.4. The van der Waals surface area contributed by atoms with Crippen LogP contribution in [0.4, 0.5) is 0 Å². The maximum atomic E-state index is 11.4. The third-order valence-corrected chi connectivity index (χ3v) is 2.61. The molecule has 0 atom stereocenters. The Kier molecular flexibility index (Phi) is 5.99. The van der Waals surface area contributed by atoms with E-state index in [1.165, 1.54) is 0 Å². The van der Waals surface area contributed by atoms with Gasteiger partial charge in [-0.15, -0.1) is 16.8 Å². The molecule has 0 aromatic carbocycles. The molecule has 1 aromatic heterocycles. The molecular weight excluding hydrogens is 250 g/mol. The standard InChI is InChI=1S/C9H12ClN3O2S/c1-2-3-5-15-6-4-11-7(14)8-12-13-9(10)16-8/h2H,1,3-6H2,(H,11,14). The molecule has 0 bridgehead atoms. The molecule has 0 spiro atoms. The Labute approximate surface area is 102 Å². The molecule has 0 radical (unpaired) electrons. The van der Waals surface area contributed by atoms with Gasteiger partial charge in [0.05, 0.1) is 13.2 Å². The number of carbonyl (C=O) groups excluding carboxylic acids is 1. The van der Waals surface area contributed by atoms with E-state index in [1.807, 2.05) is 0 Å². The van der Waals surface area contributed by atoms with Crippen LogP contribution in [0.1, 0.15) is 16.2 Å². The SMILES string of the molecule is C=CCCOCCNC(=O)c1nnc(Cl)s1. The first-order chi connectivity index (χ1) is 7.74. The summed E-state index contributed by atoms with van der Waals surface area (Å²) < 4.78 is 5.48. The molecule has 1 N–H and O–H groups in total. The minimum absolute atomic E-state index is 0.257. The summed E-state index contributed by atoms with van der Waals surface area (Å²) in [5.41, 5.74) is 0. The highest BCUT2D eigenvalue weighted by molar-refractivity contribution is 7.17. The molecule has 0 unspecified atom stereocenters. The monoisotopic (exact) mass is 261 g/mol. The van der Waals surface area contributed by atoms with Crippen LogP contribution in [0, 0.1) is 0 Å². The topological polar surface area (TPSA) is 64.1 Å². The minimum atomic E-state index is -0.281. The summed E-state index contributed by atoms with van der Waals surface area (Å²) in [5, 5.41) is 10.1. The van der Waals surface area contributed by atoms with Crippen molar-refractivity contribution in [2.75, 3.05) is 19.8 Å². The van der Waals surface area contributed by atoms with E-state index in [0.29, 0.717) is 19.8 Å². The first-order valence-corrected chi connectivity index (χ1v) is 5.89. The molecule has 5 nitrogen and oxygen atoms in total. The van der Waals surface area contributed by atoms with Crippen LogP contribution in [0.25, 0.3) is 0 Å². The molecular formula is C9H12ClN3O2S. The quantitative estimate of drug-likeness (QED) is 0.597. The highest BCUT2D eigenvalue weighted by Crippen LogP contribution is 2.14. The van der Waals surface area contributed by atoms with E-state index in [9.17, 15) is 4.79 Å². The summed E-state index contributed by atoms with van der Waals surface area (Å²) in [5.74, 6) is -0.281. The molecule has 1 amide bonds. The maximum Gasteiger partial charge on any atom is 0.282 e. The largest absolute Gasteiger partial charge is 0.379 e. The van der Waals surface area contributed by atoms with Gasteiger partial charge in [0.1, 0.15) is 0 Å². The number of hydrogen-bond acceptors (Lipinski definition) is 5. The van der Waals surface area contributed by atoms with Crippen molar-refractivity contribution in [1.29, 1.82) is 0 Å². The zero-order valence-electron chi connectivity index (χ0n) is 8.61. The van der Waals surface area contributed by atoms with Gasteiger partial charge >= 0.3 is 0 Å². The fourth-order valence-corrected chi connectivity index (χ4v) is 1.62. The van der Waals surface area contributed by atoms with E-state index < -0.39 is 0 Å². The lowest BCUT2D eigenvalue weighted by atomic mass is 10.4. The molecule has 0 aliphatic rings. The number of nitrogens with one attached hydrogen (secondary N) is 1. The van der Waals surface area contributed by atoms with Crippen LogP contribution in [0.3, 0.4) is 0 Å². The Hall–Kier alpha value is -0.980. The average Bonchev–Trinajstić information content (AvgIpc) is 2.70. The first-order valence-electron chi connectivity index (χ1n) is 4.70. The van der Waals surface area contributed by atoms with E-state index in [0.717, 1.165) is 17.8 Å². The molecule has 1 heterocycles. The molecule has 88 valence electrons. The average molecular weight is 262 g/mol. The van der Waals surface area contributed by atoms with Crippen molar-refractivity contribution in [2.45, 2.75) is 6.42 Å². The van der Waals surface area contributed by atoms with E-state index in [-0.39, 0.29) is 15.4 Å². The predicted octanol–water partition coefficient (Wildman–Crippen LogP) is 1.51. The summed E-state index contributed by atoms with van der Waals surface area (Å²) in [6.45, 7) is 5.09. The molecule has 1 aromatic rings. The van der Waals surface area contributed by atoms with Gasteiger partial charge in [-0.3, -0.25) is 4.79 Å². The molecule has 0 aliphatic heterocycles. The van der Waals surface area contributed by atoms with Gasteiger partial charge in [0, 0.05) is 6.54 Å². The Morgan fingerprint density at radius 1 is 1.56 bits per heavy atom. The van der Waals surface area contributed by atoms with Crippen molar-refractivity contribution in [3.8, 4) is 0 Å². The van der Waals surface area contributed by atoms with Crippen molar-refractivity contribution in [2.24, 2.45) is 0 Å². The normalized spacial score (nSPS) is 10.1. The lowest BCUT2D eigenvalue weighted by Gasteiger charge is -2.03. The highest BCUT2D eigenvalue weighted by Gasteiger charge is 2.10. The summed E-state index contributed by atoms with van der Waals surface area (Å²) >= 11 is 6.60. The lowest BCUT2D eigenvalue weighted by molar-refractivity contribution is 0.0917. The van der Waals surface area contributed by atoms with Crippen molar-refractivity contribution in [3.63, 3.8) is 0 Å². The number of hydrogen-bond donors (Lipinski definition) is 1. The number of carbonyl (C=O) groups is 1. The zero-order valence-corrected chi connectivity index (χ0v) is 10.2. The molecule has 0 aliphatic carbocycles. The molecule has 0 saturated carbocycles. The number of rotatable bonds is 7. The molecule has 1 rings (SSSR count). The first kappa shape index (κ1) is 13.1. The Balaban J connectivity index is 2.13. The van der Waals surface area contributed by atoms with Crippen LogP contribution in [-0.2, 0) is 4.74 Å². The predicted molar refractivity (Wildman–Crippen MR) is 62.9 cm³/mol. The Bertz CT molecular complexity index is 356. The fraction of sp³-hybridized carbons (Fsp3) is 0.444. The number of aromatic nitrogens is 2. The summed E-state index contributed by atoms with van der Waals surface area (Å²) in [6.07, 6.45) is 2.59. The third kappa shape index (κ3) is 4.69. The Morgan fingerprint density at radius 3 is 3.00 bits per heavy atom. The van der Waals surface area contributed by atoms with Gasteiger partial charge in [0.2, 0.25) is 9.47 Å². The van der Waals surface area contributed by atoms with Crippen LogP contribution in [0.5, 0.6) is 0 Å². The van der Waals surface area contributed by atoms with Crippen molar-refractivity contribution in [1.82, 2.24) is 15.5 Å². The van der Waals surface area contributed by atoms with Gasteiger partial charge in [-0.1, -0.05) is 17.4 Å². The molecule has 16 heavy (non-hydrogen) atoms. The van der Waals surface area contributed by atoms with E-state index in [1.54, 1.807) is 6.08 Å². The van der Waals surface area contributed by atoms with Crippen molar-refractivity contribution >= 4 is 28.8 Å². The minimum Gasteiger partial charge on any atom is -0.379 e. The van der Waals surface area contributed by atoms with Crippen LogP contribution < -0.4 is 5.32 Å². The van der Waals surface area contributed by atoms with Gasteiger partial charge in [0.25, 0.3) is 5.91 Å². The van der Waals surface area contributed by atoms with Crippen LogP contribution >= 0.6 is 22.9 Å². The van der Waals surface area contributed by atoms with Gasteiger partial charge in [0.15, 0.2) is 0 Å². The summed E-state index contributed by atoms with van der Waals surface area (Å²) in [7, 11) is 0. The van der Waals surface area contributed by atoms with Crippen LogP contribution in [-0.4, -0.2) is 35.9 Å². The van der Waals surface area contributed by atoms with Crippen LogP contribution in [0.15, 0.2) is 12.7 Å². The smallest absolute Gasteiger partial charge is 0.282 e. The van der Waals surface area contributed by atoms with E-state index >= 15 is 0 Å². The van der Waals surface area contributed by atoms with Gasteiger partial charge in [-0.2, -0.15) is 0 Å². The number of nitrogens with zero attached hydrogens (tertiary/aromatic N) is 2. The number of amides is 1. The summed E-state index contributed by atoms with van der Waals surface area (Å²) in [4.78, 5) is 11.4. The van der Waals surface area contributed by atoms with E-state index in [2.05, 4.69) is 22.1 Å². The fourth-order valence-electron chi connectivity index (χ4n) is 0.878. The number of halogens is 1. The lowest BCUT2D eigenvalue weighted by Crippen LogP contribution is -2.27. The van der Waals surface area contributed by atoms with Gasteiger partial charge in [-0.25, -0.2) is 0 Å². The van der Waals surface area contributed by atoms with Gasteiger partial charge in [-0.05, 0) is 18.0 Å². The summed E-state index contributed by atoms with van der Waals surface area (Å²) in [6, 6.07) is 0. The van der Waals surface area contributed by atoms with Gasteiger partial charge < -0.3 is 10.1 Å². The molecule has 7 heteroatoms. The van der Waals surface area contributed by atoms with E-state index in [4.69, 9.17) is 16.3 Å².